The molecule has 0 aliphatic heterocycles. The van der Waals surface area contributed by atoms with E-state index in [-0.39, 0.29) is 4.21 Å². The van der Waals surface area contributed by atoms with Gasteiger partial charge in [0.05, 0.1) is 27.5 Å². The molecule has 0 unspecified atom stereocenters. The number of aromatic nitrogens is 2. The molecule has 1 aromatic carbocycles. The Morgan fingerprint density at radius 1 is 0.875 bits per heavy atom. The second kappa shape index (κ2) is 8.12. The lowest BCUT2D eigenvalue weighted by Gasteiger charge is -2.10. The molecule has 4 aromatic rings. The molecule has 10 heteroatoms. The second-order valence-corrected chi connectivity index (χ2v) is 9.96. The third kappa shape index (κ3) is 4.72. The summed E-state index contributed by atoms with van der Waals surface area (Å²) < 4.78 is 61.7. The number of halogens is 3. The van der Waals surface area contributed by atoms with Gasteiger partial charge in [-0.2, -0.15) is 13.2 Å². The highest BCUT2D eigenvalue weighted by Crippen LogP contribution is 2.33. The number of benzene rings is 1. The standard InChI is InChI=1S/C22H16F3N3O2S2/c1-13-10-17(14-2-4-16(5-3-14)22(23,24)25)28-18(11-13)15-8-9-27-19(12-15)20-6-7-21(31-20)32(26,29)30/h2-12H,1H3,(H2,26,29,30). The molecule has 0 fully saturated rings. The van der Waals surface area contributed by atoms with Gasteiger partial charge in [0.1, 0.15) is 4.21 Å². The Bertz CT molecular complexity index is 1400. The number of nitrogens with two attached hydrogens (primary N) is 1. The van der Waals surface area contributed by atoms with E-state index in [4.69, 9.17) is 5.14 Å². The fraction of sp³-hybridized carbons (Fsp3) is 0.0909. The molecule has 32 heavy (non-hydrogen) atoms. The third-order valence-corrected chi connectivity index (χ3v) is 7.19. The van der Waals surface area contributed by atoms with Crippen molar-refractivity contribution in [3.63, 3.8) is 0 Å². The van der Waals surface area contributed by atoms with Gasteiger partial charge in [-0.15, -0.1) is 11.3 Å². The van der Waals surface area contributed by atoms with Gasteiger partial charge in [-0.25, -0.2) is 18.5 Å². The zero-order valence-corrected chi connectivity index (χ0v) is 18.2. The quantitative estimate of drug-likeness (QED) is 0.422. The van der Waals surface area contributed by atoms with Gasteiger partial charge in [-0.05, 0) is 61.0 Å². The van der Waals surface area contributed by atoms with Crippen LogP contribution in [0.1, 0.15) is 11.1 Å². The first-order chi connectivity index (χ1) is 15.0. The Morgan fingerprint density at radius 2 is 1.53 bits per heavy atom. The van der Waals surface area contributed by atoms with Gasteiger partial charge >= 0.3 is 6.18 Å². The molecule has 0 radical (unpaired) electrons. The topological polar surface area (TPSA) is 85.9 Å². The highest BCUT2D eigenvalue weighted by atomic mass is 32.2. The van der Waals surface area contributed by atoms with Gasteiger partial charge in [-0.1, -0.05) is 12.1 Å². The maximum absolute atomic E-state index is 12.9. The number of sulfonamides is 1. The van der Waals surface area contributed by atoms with Gasteiger partial charge < -0.3 is 0 Å². The highest BCUT2D eigenvalue weighted by Gasteiger charge is 2.30. The average Bonchev–Trinajstić information content (AvgIpc) is 3.24. The van der Waals surface area contributed by atoms with Crippen LogP contribution in [0.4, 0.5) is 13.2 Å². The number of aryl methyl sites for hydroxylation is 1. The van der Waals surface area contributed by atoms with Gasteiger partial charge in [0.25, 0.3) is 0 Å². The SMILES string of the molecule is Cc1cc(-c2ccc(C(F)(F)F)cc2)nc(-c2ccnc(-c3ccc(S(N)(=O)=O)s3)c2)c1. The Hall–Kier alpha value is -3.08. The fourth-order valence-corrected chi connectivity index (χ4v) is 4.83. The molecule has 5 nitrogen and oxygen atoms in total. The minimum Gasteiger partial charge on any atom is -0.255 e. The van der Waals surface area contributed by atoms with Crippen LogP contribution in [-0.2, 0) is 16.2 Å². The van der Waals surface area contributed by atoms with E-state index in [9.17, 15) is 21.6 Å². The molecule has 0 aliphatic carbocycles. The number of hydrogen-bond acceptors (Lipinski definition) is 5. The second-order valence-electron chi connectivity index (χ2n) is 7.08. The van der Waals surface area contributed by atoms with E-state index in [0.29, 0.717) is 27.5 Å². The molecule has 3 aromatic heterocycles. The third-order valence-electron chi connectivity index (χ3n) is 4.65. The molecule has 0 saturated heterocycles. The van der Waals surface area contributed by atoms with Crippen molar-refractivity contribution in [1.29, 1.82) is 0 Å². The van der Waals surface area contributed by atoms with Crippen molar-refractivity contribution < 1.29 is 21.6 Å². The molecule has 4 rings (SSSR count). The normalized spacial score (nSPS) is 12.2. The van der Waals surface area contributed by atoms with Crippen molar-refractivity contribution in [2.45, 2.75) is 17.3 Å². The largest absolute Gasteiger partial charge is 0.416 e. The summed E-state index contributed by atoms with van der Waals surface area (Å²) >= 11 is 1.02. The van der Waals surface area contributed by atoms with Crippen molar-refractivity contribution in [1.82, 2.24) is 9.97 Å². The lowest BCUT2D eigenvalue weighted by molar-refractivity contribution is -0.137. The van der Waals surface area contributed by atoms with Gasteiger partial charge in [0.2, 0.25) is 10.0 Å². The summed E-state index contributed by atoms with van der Waals surface area (Å²) in [7, 11) is -3.80. The minimum absolute atomic E-state index is 0.0398. The highest BCUT2D eigenvalue weighted by molar-refractivity contribution is 7.91. The molecule has 0 spiro atoms. The van der Waals surface area contributed by atoms with Crippen LogP contribution in [0.3, 0.4) is 0 Å². The number of alkyl halides is 3. The van der Waals surface area contributed by atoms with Crippen LogP contribution in [0.15, 0.2) is 71.1 Å². The summed E-state index contributed by atoms with van der Waals surface area (Å²) in [6.07, 6.45) is -2.81. The molecule has 2 N–H and O–H groups in total. The number of nitrogens with zero attached hydrogens (tertiary/aromatic N) is 2. The van der Waals surface area contributed by atoms with Crippen LogP contribution in [0.25, 0.3) is 33.1 Å². The first-order valence-corrected chi connectivity index (χ1v) is 11.6. The van der Waals surface area contributed by atoms with E-state index >= 15 is 0 Å². The minimum atomic E-state index is -4.40. The van der Waals surface area contributed by atoms with Crippen LogP contribution >= 0.6 is 11.3 Å². The molecule has 164 valence electrons. The Balaban J connectivity index is 1.71. The number of rotatable bonds is 4. The first kappa shape index (κ1) is 22.1. The van der Waals surface area contributed by atoms with Crippen LogP contribution in [0, 0.1) is 6.92 Å². The van der Waals surface area contributed by atoms with E-state index in [2.05, 4.69) is 9.97 Å². The van der Waals surface area contributed by atoms with Crippen molar-refractivity contribution in [2.24, 2.45) is 5.14 Å². The predicted octanol–water partition coefficient (Wildman–Crippen LogP) is 5.51. The summed E-state index contributed by atoms with van der Waals surface area (Å²) in [6.45, 7) is 1.87. The molecule has 3 heterocycles. The monoisotopic (exact) mass is 475 g/mol. The van der Waals surface area contributed by atoms with Gasteiger partial charge in [0, 0.05) is 17.3 Å². The molecule has 0 atom stereocenters. The number of pyridine rings is 2. The number of thiophene rings is 1. The summed E-state index contributed by atoms with van der Waals surface area (Å²) in [5.74, 6) is 0. The zero-order chi connectivity index (χ0) is 23.1. The molecular weight excluding hydrogens is 459 g/mol. The Morgan fingerprint density at radius 3 is 2.12 bits per heavy atom. The lowest BCUT2D eigenvalue weighted by Crippen LogP contribution is -2.09. The lowest BCUT2D eigenvalue weighted by atomic mass is 10.0. The maximum atomic E-state index is 12.9. The summed E-state index contributed by atoms with van der Waals surface area (Å²) in [6, 6.07) is 15.1. The van der Waals surface area contributed by atoms with Crippen molar-refractivity contribution in [3.05, 3.63) is 78.0 Å². The Labute approximate surface area is 186 Å². The zero-order valence-electron chi connectivity index (χ0n) is 16.6. The molecule has 0 aliphatic rings. The summed E-state index contributed by atoms with van der Waals surface area (Å²) in [5, 5.41) is 5.18. The van der Waals surface area contributed by atoms with Crippen LogP contribution in [0.2, 0.25) is 0 Å². The molecule has 0 amide bonds. The smallest absolute Gasteiger partial charge is 0.255 e. The van der Waals surface area contributed by atoms with Crippen LogP contribution in [0.5, 0.6) is 0 Å². The first-order valence-electron chi connectivity index (χ1n) is 9.26. The van der Waals surface area contributed by atoms with Gasteiger partial charge in [-0.3, -0.25) is 4.98 Å². The summed E-state index contributed by atoms with van der Waals surface area (Å²) in [5.41, 5.74) is 3.18. The van der Waals surface area contributed by atoms with Gasteiger partial charge in [0.15, 0.2) is 0 Å². The maximum Gasteiger partial charge on any atom is 0.416 e. The van der Waals surface area contributed by atoms with Crippen molar-refractivity contribution >= 4 is 21.4 Å². The van der Waals surface area contributed by atoms with E-state index in [1.807, 2.05) is 13.0 Å². The average molecular weight is 476 g/mol. The number of primary sulfonamides is 1. The number of hydrogen-bond donors (Lipinski definition) is 1. The van der Waals surface area contributed by atoms with E-state index in [1.165, 1.54) is 18.2 Å². The fourth-order valence-electron chi connectivity index (χ4n) is 3.13. The molecule has 0 bridgehead atoms. The van der Waals surface area contributed by atoms with Crippen molar-refractivity contribution in [2.75, 3.05) is 0 Å². The van der Waals surface area contributed by atoms with E-state index in [1.54, 1.807) is 30.5 Å². The Kier molecular flexibility index (Phi) is 5.61. The molecular formula is C22H16F3N3O2S2. The van der Waals surface area contributed by atoms with E-state index in [0.717, 1.165) is 34.6 Å². The van der Waals surface area contributed by atoms with Crippen LogP contribution in [-0.4, -0.2) is 18.4 Å². The predicted molar refractivity (Wildman–Crippen MR) is 117 cm³/mol. The van der Waals surface area contributed by atoms with Crippen LogP contribution < -0.4 is 5.14 Å². The van der Waals surface area contributed by atoms with E-state index < -0.39 is 21.8 Å². The molecule has 0 saturated carbocycles. The summed E-state index contributed by atoms with van der Waals surface area (Å²) in [4.78, 5) is 9.56. The van der Waals surface area contributed by atoms with Crippen molar-refractivity contribution in [3.8, 4) is 33.1 Å².